The molecule has 3 fully saturated rings. The van der Waals surface area contributed by atoms with Gasteiger partial charge in [-0.1, -0.05) is 71.6 Å². The van der Waals surface area contributed by atoms with Crippen LogP contribution in [0.1, 0.15) is 125 Å². The lowest BCUT2D eigenvalue weighted by Crippen LogP contribution is -2.55. The summed E-state index contributed by atoms with van der Waals surface area (Å²) in [4.78, 5) is 24.6. The Morgan fingerprint density at radius 3 is 2.44 bits per heavy atom. The summed E-state index contributed by atoms with van der Waals surface area (Å²) in [6, 6.07) is 4.76. The van der Waals surface area contributed by atoms with Gasteiger partial charge in [-0.2, -0.15) is 0 Å². The van der Waals surface area contributed by atoms with Crippen LogP contribution in [0.2, 0.25) is 0 Å². The van der Waals surface area contributed by atoms with E-state index in [2.05, 4.69) is 40.7 Å². The van der Waals surface area contributed by atoms with Crippen LogP contribution in [0, 0.1) is 53.3 Å². The molecule has 4 aliphatic rings. The van der Waals surface area contributed by atoms with Crippen LogP contribution in [0.25, 0.3) is 0 Å². The van der Waals surface area contributed by atoms with Crippen molar-refractivity contribution in [1.29, 1.82) is 0 Å². The molecule has 0 saturated heterocycles. The molecule has 0 heterocycles. The van der Waals surface area contributed by atoms with Gasteiger partial charge in [0.05, 0.1) is 17.2 Å². The van der Waals surface area contributed by atoms with Crippen molar-refractivity contribution in [2.24, 2.45) is 46.3 Å². The Hall–Kier alpha value is -2.14. The number of carbonyl (C=O) groups is 2. The second kappa shape index (κ2) is 11.5. The van der Waals surface area contributed by atoms with Crippen molar-refractivity contribution in [3.8, 4) is 0 Å². The van der Waals surface area contributed by atoms with Crippen molar-refractivity contribution < 1.29 is 24.5 Å². The minimum atomic E-state index is -1.04. The zero-order valence-electron chi connectivity index (χ0n) is 26.1. The molecular weight excluding hydrogens is 512 g/mol. The molecule has 1 aromatic carbocycles. The standard InChI is InChI=1S/C36H52O5/c1-21(2)9-7-10-22(3)28-13-14-29-32-30(16-18-36(28,29)6)35(5)17-15-25(19-24(35)20-31(32)37)41-34(40)27-12-8-11-26(23(27)4)33(38)39/h8,11-12,20-22,25,28-32,37H,7,9-10,13-19H2,1-6H3,(H,38,39)/t22-,25?,28-,29+,30+,31+,32+,35+,36-/m1/s1. The van der Waals surface area contributed by atoms with Crippen molar-refractivity contribution in [1.82, 2.24) is 0 Å². The number of benzene rings is 1. The molecule has 226 valence electrons. The summed E-state index contributed by atoms with van der Waals surface area (Å²) in [5.41, 5.74) is 2.49. The molecule has 0 amide bonds. The Morgan fingerprint density at radius 2 is 1.73 bits per heavy atom. The van der Waals surface area contributed by atoms with Crippen molar-refractivity contribution in [3.05, 3.63) is 46.5 Å². The summed E-state index contributed by atoms with van der Waals surface area (Å²) in [5.74, 6) is 2.13. The smallest absolute Gasteiger partial charge is 0.338 e. The number of rotatable bonds is 8. The highest BCUT2D eigenvalue weighted by atomic mass is 16.5. The van der Waals surface area contributed by atoms with Crippen LogP contribution in [0.15, 0.2) is 29.8 Å². The number of carboxylic acids is 1. The Labute approximate surface area is 247 Å². The molecule has 0 spiro atoms. The molecule has 3 saturated carbocycles. The molecule has 1 unspecified atom stereocenters. The summed E-state index contributed by atoms with van der Waals surface area (Å²) in [5, 5.41) is 21.1. The number of aliphatic hydroxyl groups excluding tert-OH is 1. The molecule has 0 aliphatic heterocycles. The zero-order chi connectivity index (χ0) is 29.7. The molecule has 5 nitrogen and oxygen atoms in total. The van der Waals surface area contributed by atoms with Crippen LogP contribution in [0.4, 0.5) is 0 Å². The van der Waals surface area contributed by atoms with Gasteiger partial charge in [0, 0.05) is 6.42 Å². The van der Waals surface area contributed by atoms with E-state index in [4.69, 9.17) is 4.74 Å². The quantitative estimate of drug-likeness (QED) is 0.245. The van der Waals surface area contributed by atoms with E-state index < -0.39 is 18.0 Å². The van der Waals surface area contributed by atoms with Gasteiger partial charge < -0.3 is 14.9 Å². The number of ether oxygens (including phenoxy) is 1. The SMILES string of the molecule is Cc1c(C(=O)O)cccc1C(=O)OC1CC[C@@]2(C)C(=C[C@H](O)[C@H]3[C@@H]4CC[C@H]([C@H](C)CCCC(C)C)[C@@]4(C)CC[C@@H]32)C1. The van der Waals surface area contributed by atoms with Crippen molar-refractivity contribution in [3.63, 3.8) is 0 Å². The van der Waals surface area contributed by atoms with Gasteiger partial charge in [-0.15, -0.1) is 0 Å². The summed E-state index contributed by atoms with van der Waals surface area (Å²) in [6.45, 7) is 13.8. The molecule has 0 aromatic heterocycles. The van der Waals surface area contributed by atoms with E-state index in [1.807, 2.05) is 0 Å². The Kier molecular flexibility index (Phi) is 8.51. The normalized spacial score (nSPS) is 37.0. The maximum absolute atomic E-state index is 13.1. The highest BCUT2D eigenvalue weighted by Gasteiger charge is 2.61. The third kappa shape index (κ3) is 5.41. The Balaban J connectivity index is 1.29. The fourth-order valence-corrected chi connectivity index (χ4v) is 10.0. The lowest BCUT2D eigenvalue weighted by molar-refractivity contribution is -0.0978. The number of aliphatic hydroxyl groups is 1. The van der Waals surface area contributed by atoms with Crippen LogP contribution in [0.3, 0.4) is 0 Å². The minimum Gasteiger partial charge on any atom is -0.478 e. The van der Waals surface area contributed by atoms with E-state index in [1.54, 1.807) is 19.1 Å². The van der Waals surface area contributed by atoms with Gasteiger partial charge >= 0.3 is 11.9 Å². The van der Waals surface area contributed by atoms with Gasteiger partial charge in [0.1, 0.15) is 6.10 Å². The first-order valence-electron chi connectivity index (χ1n) is 16.3. The molecule has 0 radical (unpaired) electrons. The second-order valence-electron chi connectivity index (χ2n) is 15.0. The number of carbonyl (C=O) groups excluding carboxylic acids is 1. The van der Waals surface area contributed by atoms with E-state index >= 15 is 0 Å². The number of aromatic carboxylic acids is 1. The molecule has 41 heavy (non-hydrogen) atoms. The molecular formula is C36H52O5. The highest BCUT2D eigenvalue weighted by molar-refractivity contribution is 5.97. The van der Waals surface area contributed by atoms with Gasteiger partial charge in [-0.05, 0) is 109 Å². The number of hydrogen-bond donors (Lipinski definition) is 2. The summed E-state index contributed by atoms with van der Waals surface area (Å²) in [6.07, 6.45) is 12.8. The topological polar surface area (TPSA) is 83.8 Å². The maximum atomic E-state index is 13.1. The molecule has 0 bridgehead atoms. The molecule has 2 N–H and O–H groups in total. The van der Waals surface area contributed by atoms with Crippen molar-refractivity contribution in [2.75, 3.05) is 0 Å². The maximum Gasteiger partial charge on any atom is 0.338 e. The van der Waals surface area contributed by atoms with Crippen LogP contribution < -0.4 is 0 Å². The largest absolute Gasteiger partial charge is 0.478 e. The molecule has 5 heteroatoms. The number of carboxylic acid groups (broad SMARTS) is 1. The molecule has 1 aromatic rings. The molecule has 9 atom stereocenters. The minimum absolute atomic E-state index is 0.0360. The fraction of sp³-hybridized carbons (Fsp3) is 0.722. The van der Waals surface area contributed by atoms with Gasteiger partial charge in [0.2, 0.25) is 0 Å². The predicted molar refractivity (Wildman–Crippen MR) is 162 cm³/mol. The third-order valence-corrected chi connectivity index (χ3v) is 12.3. The van der Waals surface area contributed by atoms with Gasteiger partial charge in [-0.25, -0.2) is 9.59 Å². The van der Waals surface area contributed by atoms with Crippen LogP contribution >= 0.6 is 0 Å². The van der Waals surface area contributed by atoms with E-state index in [0.29, 0.717) is 40.7 Å². The van der Waals surface area contributed by atoms with E-state index in [9.17, 15) is 19.8 Å². The Morgan fingerprint density at radius 1 is 1.00 bits per heavy atom. The van der Waals surface area contributed by atoms with Crippen molar-refractivity contribution >= 4 is 11.9 Å². The number of fused-ring (bicyclic) bond motifs is 5. The molecule has 5 rings (SSSR count). The van der Waals surface area contributed by atoms with Gasteiger partial charge in [0.25, 0.3) is 0 Å². The average Bonchev–Trinajstić information content (AvgIpc) is 3.26. The summed E-state index contributed by atoms with van der Waals surface area (Å²) < 4.78 is 5.98. The Bertz CT molecular complexity index is 1180. The lowest BCUT2D eigenvalue weighted by Gasteiger charge is -2.59. The average molecular weight is 565 g/mol. The van der Waals surface area contributed by atoms with E-state index in [-0.39, 0.29) is 17.1 Å². The first-order valence-corrected chi connectivity index (χ1v) is 16.3. The summed E-state index contributed by atoms with van der Waals surface area (Å²) in [7, 11) is 0. The second-order valence-corrected chi connectivity index (χ2v) is 15.0. The lowest BCUT2D eigenvalue weighted by atomic mass is 9.46. The summed E-state index contributed by atoms with van der Waals surface area (Å²) >= 11 is 0. The zero-order valence-corrected chi connectivity index (χ0v) is 26.1. The van der Waals surface area contributed by atoms with Gasteiger partial charge in [0.15, 0.2) is 0 Å². The van der Waals surface area contributed by atoms with E-state index in [0.717, 1.165) is 30.6 Å². The van der Waals surface area contributed by atoms with Crippen LogP contribution in [-0.4, -0.2) is 34.4 Å². The third-order valence-electron chi connectivity index (χ3n) is 12.3. The monoisotopic (exact) mass is 564 g/mol. The van der Waals surface area contributed by atoms with Gasteiger partial charge in [-0.3, -0.25) is 0 Å². The van der Waals surface area contributed by atoms with Crippen LogP contribution in [0.5, 0.6) is 0 Å². The number of esters is 1. The highest BCUT2D eigenvalue weighted by Crippen LogP contribution is 2.67. The molecule has 4 aliphatic carbocycles. The number of hydrogen-bond acceptors (Lipinski definition) is 4. The first-order chi connectivity index (χ1) is 19.4. The fourth-order valence-electron chi connectivity index (χ4n) is 10.0. The van der Waals surface area contributed by atoms with E-state index in [1.165, 1.54) is 56.6 Å². The van der Waals surface area contributed by atoms with Crippen molar-refractivity contribution in [2.45, 2.75) is 118 Å². The first kappa shape index (κ1) is 30.3. The predicted octanol–water partition coefficient (Wildman–Crippen LogP) is 8.23. The van der Waals surface area contributed by atoms with Crippen LogP contribution in [-0.2, 0) is 4.74 Å².